The maximum absolute atomic E-state index is 12.3. The van der Waals surface area contributed by atoms with Gasteiger partial charge in [0.1, 0.15) is 17.1 Å². The molecule has 3 aromatic rings. The third-order valence-corrected chi connectivity index (χ3v) is 4.05. The molecule has 0 saturated heterocycles. The van der Waals surface area contributed by atoms with Crippen molar-refractivity contribution in [3.8, 4) is 11.5 Å². The molecule has 0 aliphatic rings. The highest BCUT2D eigenvalue weighted by Gasteiger charge is 2.13. The Morgan fingerprint density at radius 3 is 2.20 bits per heavy atom. The molecule has 0 bridgehead atoms. The van der Waals surface area contributed by atoms with Gasteiger partial charge >= 0.3 is 11.9 Å². The molecule has 0 spiro atoms. The van der Waals surface area contributed by atoms with Crippen molar-refractivity contribution in [1.29, 1.82) is 0 Å². The predicted molar refractivity (Wildman–Crippen MR) is 115 cm³/mol. The Balaban J connectivity index is 1.64. The summed E-state index contributed by atoms with van der Waals surface area (Å²) >= 11 is 0. The summed E-state index contributed by atoms with van der Waals surface area (Å²) in [4.78, 5) is 24.3. The molecule has 0 heterocycles. The van der Waals surface area contributed by atoms with Crippen molar-refractivity contribution in [2.75, 3.05) is 7.11 Å². The Bertz CT molecular complexity index is 1050. The monoisotopic (exact) mass is 400 g/mol. The van der Waals surface area contributed by atoms with E-state index in [1.165, 1.54) is 19.4 Å². The van der Waals surface area contributed by atoms with Crippen LogP contribution in [0.25, 0.3) is 12.2 Å². The maximum Gasteiger partial charge on any atom is 0.346 e. The normalized spacial score (nSPS) is 10.8. The first-order chi connectivity index (χ1) is 14.7. The highest BCUT2D eigenvalue weighted by molar-refractivity contribution is 5.94. The van der Waals surface area contributed by atoms with Crippen molar-refractivity contribution in [1.82, 2.24) is 0 Å². The van der Waals surface area contributed by atoms with E-state index in [0.29, 0.717) is 17.1 Å². The number of esters is 2. The Morgan fingerprint density at radius 2 is 1.50 bits per heavy atom. The third kappa shape index (κ3) is 5.94. The first-order valence-electron chi connectivity index (χ1n) is 9.21. The van der Waals surface area contributed by atoms with Gasteiger partial charge in [-0.2, -0.15) is 0 Å². The topological polar surface area (TPSA) is 61.8 Å². The fraction of sp³-hybridized carbons (Fsp3) is 0.0400. The SMILES string of the molecule is COc1cc(/C=C\C(=O)Oc2ccccc2)ccc1C(=O)O/C=C/c1ccccc1. The van der Waals surface area contributed by atoms with Gasteiger partial charge in [0.15, 0.2) is 0 Å². The zero-order valence-electron chi connectivity index (χ0n) is 16.4. The summed E-state index contributed by atoms with van der Waals surface area (Å²) in [6, 6.07) is 23.2. The number of para-hydroxylation sites is 1. The Kier molecular flexibility index (Phi) is 7.17. The van der Waals surface area contributed by atoms with Crippen molar-refractivity contribution in [3.63, 3.8) is 0 Å². The van der Waals surface area contributed by atoms with E-state index in [0.717, 1.165) is 5.56 Å². The van der Waals surface area contributed by atoms with Crippen molar-refractivity contribution in [2.24, 2.45) is 0 Å². The van der Waals surface area contributed by atoms with Crippen molar-refractivity contribution < 1.29 is 23.8 Å². The van der Waals surface area contributed by atoms with Crippen LogP contribution >= 0.6 is 0 Å². The van der Waals surface area contributed by atoms with Gasteiger partial charge < -0.3 is 14.2 Å². The van der Waals surface area contributed by atoms with E-state index in [2.05, 4.69) is 0 Å². The van der Waals surface area contributed by atoms with E-state index in [1.807, 2.05) is 36.4 Å². The van der Waals surface area contributed by atoms with Gasteiger partial charge in [-0.25, -0.2) is 9.59 Å². The second-order valence-corrected chi connectivity index (χ2v) is 6.15. The number of carbonyl (C=O) groups is 2. The molecule has 0 aromatic heterocycles. The number of rotatable bonds is 7. The second kappa shape index (κ2) is 10.4. The molecule has 0 amide bonds. The van der Waals surface area contributed by atoms with Gasteiger partial charge in [-0.1, -0.05) is 54.6 Å². The molecule has 0 aliphatic heterocycles. The third-order valence-electron chi connectivity index (χ3n) is 4.05. The molecule has 30 heavy (non-hydrogen) atoms. The van der Waals surface area contributed by atoms with E-state index in [9.17, 15) is 9.59 Å². The van der Waals surface area contributed by atoms with Crippen molar-refractivity contribution in [3.05, 3.63) is 108 Å². The summed E-state index contributed by atoms with van der Waals surface area (Å²) in [5.74, 6) is -0.245. The molecule has 0 fully saturated rings. The van der Waals surface area contributed by atoms with Crippen LogP contribution in [-0.2, 0) is 9.53 Å². The smallest absolute Gasteiger partial charge is 0.346 e. The van der Waals surface area contributed by atoms with Gasteiger partial charge in [-0.05, 0) is 47.5 Å². The zero-order valence-corrected chi connectivity index (χ0v) is 16.4. The highest BCUT2D eigenvalue weighted by atomic mass is 16.5. The average Bonchev–Trinajstić information content (AvgIpc) is 2.79. The number of methoxy groups -OCH3 is 1. The Hall–Kier alpha value is -4.12. The molecule has 0 unspecified atom stereocenters. The lowest BCUT2D eigenvalue weighted by molar-refractivity contribution is -0.128. The van der Waals surface area contributed by atoms with Crippen LogP contribution in [0.5, 0.6) is 11.5 Å². The van der Waals surface area contributed by atoms with Crippen LogP contribution in [0.2, 0.25) is 0 Å². The van der Waals surface area contributed by atoms with Crippen LogP contribution in [0, 0.1) is 0 Å². The largest absolute Gasteiger partial charge is 0.496 e. The van der Waals surface area contributed by atoms with Gasteiger partial charge in [0.05, 0.1) is 13.4 Å². The lowest BCUT2D eigenvalue weighted by Gasteiger charge is -2.08. The molecule has 0 saturated carbocycles. The summed E-state index contributed by atoms with van der Waals surface area (Å²) < 4.78 is 15.7. The zero-order chi connectivity index (χ0) is 21.2. The van der Waals surface area contributed by atoms with Gasteiger partial charge in [0.25, 0.3) is 0 Å². The van der Waals surface area contributed by atoms with Crippen LogP contribution in [0.3, 0.4) is 0 Å². The van der Waals surface area contributed by atoms with Crippen LogP contribution in [0.4, 0.5) is 0 Å². The molecule has 0 aliphatic carbocycles. The van der Waals surface area contributed by atoms with Crippen molar-refractivity contribution in [2.45, 2.75) is 0 Å². The van der Waals surface area contributed by atoms with Crippen molar-refractivity contribution >= 4 is 24.1 Å². The predicted octanol–water partition coefficient (Wildman–Crippen LogP) is 5.14. The number of benzene rings is 3. The second-order valence-electron chi connectivity index (χ2n) is 6.15. The average molecular weight is 400 g/mol. The maximum atomic E-state index is 12.3. The van der Waals surface area contributed by atoms with E-state index >= 15 is 0 Å². The van der Waals surface area contributed by atoms with Crippen LogP contribution in [-0.4, -0.2) is 19.0 Å². The van der Waals surface area contributed by atoms with Gasteiger partial charge in [-0.3, -0.25) is 0 Å². The minimum atomic E-state index is -0.543. The molecular formula is C25H20O5. The molecule has 5 nitrogen and oxygen atoms in total. The summed E-state index contributed by atoms with van der Waals surface area (Å²) in [5.41, 5.74) is 1.87. The Morgan fingerprint density at radius 1 is 0.800 bits per heavy atom. The molecule has 0 atom stereocenters. The molecule has 0 radical (unpaired) electrons. The van der Waals surface area contributed by atoms with E-state index in [1.54, 1.807) is 54.6 Å². The molecule has 3 rings (SSSR count). The lowest BCUT2D eigenvalue weighted by atomic mass is 10.1. The van der Waals surface area contributed by atoms with E-state index in [-0.39, 0.29) is 5.56 Å². The van der Waals surface area contributed by atoms with Crippen LogP contribution < -0.4 is 9.47 Å². The number of carbonyl (C=O) groups excluding carboxylic acids is 2. The first kappa shape index (κ1) is 20.6. The molecular weight excluding hydrogens is 380 g/mol. The fourth-order valence-corrected chi connectivity index (χ4v) is 2.59. The fourth-order valence-electron chi connectivity index (χ4n) is 2.59. The number of ether oxygens (including phenoxy) is 3. The number of hydrogen-bond donors (Lipinski definition) is 0. The van der Waals surface area contributed by atoms with Gasteiger partial charge in [0.2, 0.25) is 0 Å². The lowest BCUT2D eigenvalue weighted by Crippen LogP contribution is -2.04. The highest BCUT2D eigenvalue weighted by Crippen LogP contribution is 2.22. The quantitative estimate of drug-likeness (QED) is 0.238. The Labute approximate surface area is 174 Å². The van der Waals surface area contributed by atoms with Crippen LogP contribution in [0.15, 0.2) is 91.2 Å². The summed E-state index contributed by atoms with van der Waals surface area (Å²) in [6.45, 7) is 0. The summed E-state index contributed by atoms with van der Waals surface area (Å²) in [6.07, 6.45) is 5.92. The summed E-state index contributed by atoms with van der Waals surface area (Å²) in [5, 5.41) is 0. The van der Waals surface area contributed by atoms with E-state index in [4.69, 9.17) is 14.2 Å². The van der Waals surface area contributed by atoms with Gasteiger partial charge in [-0.15, -0.1) is 0 Å². The molecule has 0 N–H and O–H groups in total. The minimum absolute atomic E-state index is 0.277. The first-order valence-corrected chi connectivity index (χ1v) is 9.21. The number of hydrogen-bond acceptors (Lipinski definition) is 5. The minimum Gasteiger partial charge on any atom is -0.496 e. The van der Waals surface area contributed by atoms with Gasteiger partial charge in [0, 0.05) is 6.08 Å². The van der Waals surface area contributed by atoms with Crippen LogP contribution in [0.1, 0.15) is 21.5 Å². The molecule has 5 heteroatoms. The summed E-state index contributed by atoms with van der Waals surface area (Å²) in [7, 11) is 1.46. The molecule has 3 aromatic carbocycles. The van der Waals surface area contributed by atoms with E-state index < -0.39 is 11.9 Å². The molecule has 150 valence electrons. The standard InChI is InChI=1S/C25H20O5/c1-28-23-18-20(13-15-24(26)30-21-10-6-3-7-11-21)12-14-22(23)25(27)29-17-16-19-8-4-2-5-9-19/h2-18H,1H3/b15-13-,17-16+.